The number of nitrogens with zero attached hydrogens (tertiary/aromatic N) is 2. The Morgan fingerprint density at radius 2 is 2.27 bits per heavy atom. The molecular formula is C11H14BrN3. The Hall–Kier alpha value is -0.870. The Morgan fingerprint density at radius 1 is 1.47 bits per heavy atom. The smallest absolute Gasteiger partial charge is 0.0937 e. The third-order valence-electron chi connectivity index (χ3n) is 2.54. The van der Waals surface area contributed by atoms with E-state index in [2.05, 4.69) is 28.0 Å². The zero-order valence-electron chi connectivity index (χ0n) is 8.70. The van der Waals surface area contributed by atoms with E-state index in [4.69, 9.17) is 5.73 Å². The number of hydrogen-bond donors (Lipinski definition) is 1. The first kappa shape index (κ1) is 10.6. The van der Waals surface area contributed by atoms with Crippen LogP contribution in [0.1, 0.15) is 12.1 Å². The molecule has 0 radical (unpaired) electrons. The highest BCUT2D eigenvalue weighted by Gasteiger charge is 2.08. The lowest BCUT2D eigenvalue weighted by Gasteiger charge is -2.01. The lowest BCUT2D eigenvalue weighted by Crippen LogP contribution is -2.07. The molecule has 4 heteroatoms. The van der Waals surface area contributed by atoms with Crippen LogP contribution in [-0.4, -0.2) is 16.3 Å². The summed E-state index contributed by atoms with van der Waals surface area (Å²) >= 11 is 3.55. The molecule has 0 spiro atoms. The van der Waals surface area contributed by atoms with Gasteiger partial charge >= 0.3 is 0 Å². The van der Waals surface area contributed by atoms with Crippen LogP contribution in [0.25, 0.3) is 10.9 Å². The molecule has 0 atom stereocenters. The summed E-state index contributed by atoms with van der Waals surface area (Å²) in [5, 5.41) is 5.74. The predicted molar refractivity (Wildman–Crippen MR) is 65.8 cm³/mol. The average molecular weight is 268 g/mol. The summed E-state index contributed by atoms with van der Waals surface area (Å²) in [5.41, 5.74) is 7.74. The third-order valence-corrected chi connectivity index (χ3v) is 3.20. The minimum Gasteiger partial charge on any atom is -0.330 e. The van der Waals surface area contributed by atoms with E-state index in [9.17, 15) is 0 Å². The topological polar surface area (TPSA) is 43.8 Å². The van der Waals surface area contributed by atoms with Crippen LogP contribution in [0.2, 0.25) is 0 Å². The van der Waals surface area contributed by atoms with Crippen LogP contribution in [-0.2, 0) is 6.54 Å². The van der Waals surface area contributed by atoms with Gasteiger partial charge in [-0.2, -0.15) is 5.10 Å². The quantitative estimate of drug-likeness (QED) is 0.929. The van der Waals surface area contributed by atoms with Crippen molar-refractivity contribution < 1.29 is 0 Å². The molecular weight excluding hydrogens is 254 g/mol. The highest BCUT2D eigenvalue weighted by molar-refractivity contribution is 9.10. The first-order chi connectivity index (χ1) is 7.24. The molecule has 0 aliphatic carbocycles. The minimum atomic E-state index is 0.705. The fourth-order valence-electron chi connectivity index (χ4n) is 1.75. The van der Waals surface area contributed by atoms with Crippen molar-refractivity contribution in [3.8, 4) is 0 Å². The maximum atomic E-state index is 5.50. The zero-order chi connectivity index (χ0) is 10.8. The van der Waals surface area contributed by atoms with Crippen LogP contribution in [0.4, 0.5) is 0 Å². The van der Waals surface area contributed by atoms with Crippen molar-refractivity contribution in [2.45, 2.75) is 19.9 Å². The number of halogens is 1. The van der Waals surface area contributed by atoms with E-state index in [0.717, 1.165) is 23.0 Å². The molecule has 0 aliphatic rings. The van der Waals surface area contributed by atoms with Crippen molar-refractivity contribution in [2.75, 3.05) is 6.54 Å². The van der Waals surface area contributed by atoms with Gasteiger partial charge in [0.1, 0.15) is 0 Å². The molecule has 0 saturated heterocycles. The van der Waals surface area contributed by atoms with Gasteiger partial charge in [-0.1, -0.05) is 22.0 Å². The molecule has 0 amide bonds. The van der Waals surface area contributed by atoms with Crippen LogP contribution in [0.3, 0.4) is 0 Å². The molecule has 80 valence electrons. The number of rotatable bonds is 3. The molecule has 2 N–H and O–H groups in total. The van der Waals surface area contributed by atoms with Gasteiger partial charge in [0.15, 0.2) is 0 Å². The minimum absolute atomic E-state index is 0.705. The lowest BCUT2D eigenvalue weighted by molar-refractivity contribution is 0.576. The summed E-state index contributed by atoms with van der Waals surface area (Å²) in [6, 6.07) is 6.09. The Kier molecular flexibility index (Phi) is 3.07. The second-order valence-electron chi connectivity index (χ2n) is 3.58. The van der Waals surface area contributed by atoms with Crippen LogP contribution < -0.4 is 5.73 Å². The lowest BCUT2D eigenvalue weighted by atomic mass is 10.2. The highest BCUT2D eigenvalue weighted by atomic mass is 79.9. The van der Waals surface area contributed by atoms with E-state index in [1.54, 1.807) is 0 Å². The third kappa shape index (κ3) is 1.92. The Bertz CT molecular complexity index is 476. The summed E-state index contributed by atoms with van der Waals surface area (Å²) in [5.74, 6) is 0. The molecule has 0 aliphatic heterocycles. The van der Waals surface area contributed by atoms with Crippen molar-refractivity contribution in [1.29, 1.82) is 0 Å². The van der Waals surface area contributed by atoms with Gasteiger partial charge in [-0.25, -0.2) is 0 Å². The van der Waals surface area contributed by atoms with Gasteiger partial charge in [-0.15, -0.1) is 0 Å². The summed E-state index contributed by atoms with van der Waals surface area (Å²) in [6.07, 6.45) is 0.965. The summed E-state index contributed by atoms with van der Waals surface area (Å²) < 4.78 is 3.14. The summed E-state index contributed by atoms with van der Waals surface area (Å²) in [7, 11) is 0. The fraction of sp³-hybridized carbons (Fsp3) is 0.364. The van der Waals surface area contributed by atoms with Crippen molar-refractivity contribution >= 4 is 26.8 Å². The average Bonchev–Trinajstić information content (AvgIpc) is 2.54. The molecule has 0 fully saturated rings. The number of aromatic nitrogens is 2. The summed E-state index contributed by atoms with van der Waals surface area (Å²) in [4.78, 5) is 0. The van der Waals surface area contributed by atoms with Crippen molar-refractivity contribution in [3.63, 3.8) is 0 Å². The van der Waals surface area contributed by atoms with Gasteiger partial charge in [0.25, 0.3) is 0 Å². The molecule has 3 nitrogen and oxygen atoms in total. The molecule has 1 heterocycles. The Balaban J connectivity index is 2.50. The number of hydrogen-bond acceptors (Lipinski definition) is 2. The fourth-order valence-corrected chi connectivity index (χ4v) is 2.39. The van der Waals surface area contributed by atoms with Gasteiger partial charge in [0.2, 0.25) is 0 Å². The molecule has 1 aromatic carbocycles. The van der Waals surface area contributed by atoms with E-state index in [-0.39, 0.29) is 0 Å². The largest absolute Gasteiger partial charge is 0.330 e. The molecule has 0 bridgehead atoms. The molecule has 15 heavy (non-hydrogen) atoms. The monoisotopic (exact) mass is 267 g/mol. The van der Waals surface area contributed by atoms with Crippen molar-refractivity contribution in [2.24, 2.45) is 5.73 Å². The maximum Gasteiger partial charge on any atom is 0.0937 e. The Labute approximate surface area is 97.4 Å². The van der Waals surface area contributed by atoms with Gasteiger partial charge < -0.3 is 5.73 Å². The zero-order valence-corrected chi connectivity index (χ0v) is 10.3. The van der Waals surface area contributed by atoms with Gasteiger partial charge in [-0.3, -0.25) is 4.68 Å². The van der Waals surface area contributed by atoms with E-state index < -0.39 is 0 Å². The number of fused-ring (bicyclic) bond motifs is 1. The summed E-state index contributed by atoms with van der Waals surface area (Å²) in [6.45, 7) is 3.69. The molecule has 0 unspecified atom stereocenters. The number of aryl methyl sites for hydroxylation is 2. The van der Waals surface area contributed by atoms with E-state index in [1.807, 2.05) is 22.9 Å². The first-order valence-electron chi connectivity index (χ1n) is 5.05. The van der Waals surface area contributed by atoms with E-state index >= 15 is 0 Å². The second-order valence-corrected chi connectivity index (χ2v) is 4.44. The van der Waals surface area contributed by atoms with Gasteiger partial charge in [0, 0.05) is 22.1 Å². The molecule has 2 aromatic rings. The number of benzene rings is 1. The molecule has 2 rings (SSSR count). The van der Waals surface area contributed by atoms with Crippen LogP contribution in [0.5, 0.6) is 0 Å². The number of nitrogens with two attached hydrogens (primary N) is 1. The maximum absolute atomic E-state index is 5.50. The predicted octanol–water partition coefficient (Wildman–Crippen LogP) is 2.46. The Morgan fingerprint density at radius 3 is 2.93 bits per heavy atom. The van der Waals surface area contributed by atoms with E-state index in [1.165, 1.54) is 11.1 Å². The standard InChI is InChI=1S/C11H14BrN3/c1-8-11-9(12)4-2-5-10(11)14-15(8)7-3-6-13/h2,4-5H,3,6-7,13H2,1H3. The van der Waals surface area contributed by atoms with Crippen LogP contribution in [0, 0.1) is 6.92 Å². The van der Waals surface area contributed by atoms with Crippen LogP contribution in [0.15, 0.2) is 22.7 Å². The van der Waals surface area contributed by atoms with E-state index in [0.29, 0.717) is 6.54 Å². The van der Waals surface area contributed by atoms with Crippen molar-refractivity contribution in [1.82, 2.24) is 9.78 Å². The van der Waals surface area contributed by atoms with Crippen LogP contribution >= 0.6 is 15.9 Å². The second kappa shape index (κ2) is 4.33. The van der Waals surface area contributed by atoms with Gasteiger partial charge in [-0.05, 0) is 32.0 Å². The highest BCUT2D eigenvalue weighted by Crippen LogP contribution is 2.26. The SMILES string of the molecule is Cc1c2c(Br)cccc2nn1CCCN. The van der Waals surface area contributed by atoms with Crippen molar-refractivity contribution in [3.05, 3.63) is 28.4 Å². The van der Waals surface area contributed by atoms with Gasteiger partial charge in [0.05, 0.1) is 5.52 Å². The normalized spacial score (nSPS) is 11.1. The molecule has 1 aromatic heterocycles. The molecule has 0 saturated carbocycles. The first-order valence-corrected chi connectivity index (χ1v) is 5.85.